The Hall–Kier alpha value is -1.74. The molecule has 1 heterocycles. The van der Waals surface area contributed by atoms with Crippen molar-refractivity contribution in [1.82, 2.24) is 9.78 Å². The van der Waals surface area contributed by atoms with E-state index in [1.165, 1.54) is 36.7 Å². The van der Waals surface area contributed by atoms with Crippen LogP contribution in [0.15, 0.2) is 6.20 Å². The fourth-order valence-electron chi connectivity index (χ4n) is 1.27. The number of methoxy groups -OCH3 is 1. The van der Waals surface area contributed by atoms with E-state index >= 15 is 0 Å². The molecule has 0 aliphatic rings. The lowest BCUT2D eigenvalue weighted by Gasteiger charge is -1.99. The third-order valence-electron chi connectivity index (χ3n) is 2.07. The highest BCUT2D eigenvalue weighted by molar-refractivity contribution is 8.13. The van der Waals surface area contributed by atoms with Gasteiger partial charge in [0.1, 0.15) is 0 Å². The fraction of sp³-hybridized carbons (Fsp3) is 0.417. The molecule has 18 heavy (non-hydrogen) atoms. The maximum Gasteiger partial charge on any atom is 0.357 e. The molecule has 0 atom stereocenters. The molecular weight excluding hydrogens is 252 g/mol. The third kappa shape index (κ3) is 3.93. The SMILES string of the molecule is COC(=O)c1c(C#CCCSC(C)=O)cnn1C. The summed E-state index contributed by atoms with van der Waals surface area (Å²) in [4.78, 5) is 22.2. The van der Waals surface area contributed by atoms with Crippen LogP contribution in [-0.4, -0.2) is 33.7 Å². The van der Waals surface area contributed by atoms with E-state index in [1.54, 1.807) is 7.05 Å². The number of aromatic nitrogens is 2. The van der Waals surface area contributed by atoms with E-state index in [9.17, 15) is 9.59 Å². The topological polar surface area (TPSA) is 61.2 Å². The number of carbonyl (C=O) groups is 2. The number of nitrogens with zero attached hydrogens (tertiary/aromatic N) is 2. The first kappa shape index (κ1) is 14.3. The second-order valence-electron chi connectivity index (χ2n) is 3.41. The van der Waals surface area contributed by atoms with Crippen LogP contribution in [-0.2, 0) is 16.6 Å². The van der Waals surface area contributed by atoms with Gasteiger partial charge >= 0.3 is 5.97 Å². The maximum absolute atomic E-state index is 11.5. The van der Waals surface area contributed by atoms with E-state index in [0.29, 0.717) is 23.4 Å². The molecule has 1 rings (SSSR count). The summed E-state index contributed by atoms with van der Waals surface area (Å²) in [6, 6.07) is 0. The molecule has 0 unspecified atom stereocenters. The molecule has 0 radical (unpaired) electrons. The molecule has 0 fully saturated rings. The van der Waals surface area contributed by atoms with Gasteiger partial charge in [0.15, 0.2) is 10.8 Å². The molecule has 0 N–H and O–H groups in total. The average molecular weight is 266 g/mol. The Bertz CT molecular complexity index is 511. The monoisotopic (exact) mass is 266 g/mol. The minimum atomic E-state index is -0.461. The van der Waals surface area contributed by atoms with Crippen molar-refractivity contribution < 1.29 is 14.3 Å². The standard InChI is InChI=1S/C12H14N2O3S/c1-9(15)18-7-5-4-6-10-8-13-14(2)11(10)12(16)17-3/h8H,5,7H2,1-3H3. The van der Waals surface area contributed by atoms with Gasteiger partial charge in [-0.25, -0.2) is 4.79 Å². The summed E-state index contributed by atoms with van der Waals surface area (Å²) in [5, 5.41) is 4.04. The normalized spacial score (nSPS) is 9.50. The van der Waals surface area contributed by atoms with E-state index in [-0.39, 0.29) is 5.12 Å². The van der Waals surface area contributed by atoms with Gasteiger partial charge in [0.2, 0.25) is 0 Å². The van der Waals surface area contributed by atoms with E-state index in [0.717, 1.165) is 0 Å². The largest absolute Gasteiger partial charge is 0.464 e. The zero-order valence-corrected chi connectivity index (χ0v) is 11.3. The number of thioether (sulfide) groups is 1. The number of esters is 1. The molecule has 0 saturated heterocycles. The molecular formula is C12H14N2O3S. The van der Waals surface area contributed by atoms with Crippen LogP contribution in [0.1, 0.15) is 29.4 Å². The number of hydrogen-bond donors (Lipinski definition) is 0. The van der Waals surface area contributed by atoms with Crippen molar-refractivity contribution in [2.24, 2.45) is 7.05 Å². The van der Waals surface area contributed by atoms with Crippen LogP contribution in [0.5, 0.6) is 0 Å². The van der Waals surface area contributed by atoms with Crippen molar-refractivity contribution >= 4 is 22.8 Å². The lowest BCUT2D eigenvalue weighted by Crippen LogP contribution is -2.09. The average Bonchev–Trinajstić information content (AvgIpc) is 2.69. The highest BCUT2D eigenvalue weighted by atomic mass is 32.2. The van der Waals surface area contributed by atoms with E-state index in [2.05, 4.69) is 21.7 Å². The summed E-state index contributed by atoms with van der Waals surface area (Å²) in [5.41, 5.74) is 0.876. The number of rotatable bonds is 3. The summed E-state index contributed by atoms with van der Waals surface area (Å²) in [5.74, 6) is 5.96. The van der Waals surface area contributed by atoms with Gasteiger partial charge in [-0.1, -0.05) is 23.6 Å². The van der Waals surface area contributed by atoms with Crippen LogP contribution in [0.4, 0.5) is 0 Å². The first-order valence-electron chi connectivity index (χ1n) is 5.28. The third-order valence-corrected chi connectivity index (χ3v) is 2.89. The van der Waals surface area contributed by atoms with E-state index in [1.807, 2.05) is 0 Å². The predicted molar refractivity (Wildman–Crippen MR) is 69.2 cm³/mol. The number of hydrogen-bond acceptors (Lipinski definition) is 5. The Labute approximate surface area is 110 Å². The summed E-state index contributed by atoms with van der Waals surface area (Å²) in [6.45, 7) is 1.52. The number of carbonyl (C=O) groups excluding carboxylic acids is 2. The molecule has 6 heteroatoms. The second kappa shape index (κ2) is 6.87. The Morgan fingerprint density at radius 2 is 2.28 bits per heavy atom. The van der Waals surface area contributed by atoms with Gasteiger partial charge in [-0.05, 0) is 0 Å². The summed E-state index contributed by atoms with van der Waals surface area (Å²) in [7, 11) is 2.97. The summed E-state index contributed by atoms with van der Waals surface area (Å²) >= 11 is 1.23. The second-order valence-corrected chi connectivity index (χ2v) is 4.69. The minimum Gasteiger partial charge on any atom is -0.464 e. The molecule has 1 aromatic heterocycles. The first-order valence-corrected chi connectivity index (χ1v) is 6.27. The predicted octanol–water partition coefficient (Wildman–Crippen LogP) is 1.23. The van der Waals surface area contributed by atoms with Crippen LogP contribution in [0, 0.1) is 11.8 Å². The van der Waals surface area contributed by atoms with Gasteiger partial charge in [-0.15, -0.1) is 0 Å². The van der Waals surface area contributed by atoms with Crippen molar-refractivity contribution in [3.05, 3.63) is 17.5 Å². The molecule has 0 spiro atoms. The first-order chi connectivity index (χ1) is 8.56. The van der Waals surface area contributed by atoms with Gasteiger partial charge in [-0.3, -0.25) is 9.48 Å². The lowest BCUT2D eigenvalue weighted by molar-refractivity contribution is -0.109. The zero-order valence-electron chi connectivity index (χ0n) is 10.5. The van der Waals surface area contributed by atoms with Gasteiger partial charge in [0.05, 0.1) is 18.9 Å². The highest BCUT2D eigenvalue weighted by Crippen LogP contribution is 2.08. The Morgan fingerprint density at radius 1 is 1.56 bits per heavy atom. The molecule has 96 valence electrons. The van der Waals surface area contributed by atoms with Crippen LogP contribution in [0.3, 0.4) is 0 Å². The maximum atomic E-state index is 11.5. The van der Waals surface area contributed by atoms with Crippen LogP contribution >= 0.6 is 11.8 Å². The zero-order chi connectivity index (χ0) is 13.5. The minimum absolute atomic E-state index is 0.0772. The molecule has 0 bridgehead atoms. The Kier molecular flexibility index (Phi) is 5.46. The Balaban J connectivity index is 2.70. The smallest absolute Gasteiger partial charge is 0.357 e. The highest BCUT2D eigenvalue weighted by Gasteiger charge is 2.15. The number of aryl methyl sites for hydroxylation is 1. The summed E-state index contributed by atoms with van der Waals surface area (Å²) < 4.78 is 6.09. The quantitative estimate of drug-likeness (QED) is 0.468. The van der Waals surface area contributed by atoms with Gasteiger partial charge in [0, 0.05) is 26.1 Å². The van der Waals surface area contributed by atoms with Crippen molar-refractivity contribution in [2.75, 3.05) is 12.9 Å². The lowest BCUT2D eigenvalue weighted by atomic mass is 10.2. The van der Waals surface area contributed by atoms with Gasteiger partial charge in [0.25, 0.3) is 0 Å². The van der Waals surface area contributed by atoms with E-state index < -0.39 is 5.97 Å². The van der Waals surface area contributed by atoms with E-state index in [4.69, 9.17) is 0 Å². The molecule has 5 nitrogen and oxygen atoms in total. The summed E-state index contributed by atoms with van der Waals surface area (Å²) in [6.07, 6.45) is 2.11. The van der Waals surface area contributed by atoms with Crippen molar-refractivity contribution in [1.29, 1.82) is 0 Å². The molecule has 0 aliphatic heterocycles. The van der Waals surface area contributed by atoms with Crippen LogP contribution in [0.25, 0.3) is 0 Å². The van der Waals surface area contributed by atoms with Gasteiger partial charge < -0.3 is 4.74 Å². The van der Waals surface area contributed by atoms with Gasteiger partial charge in [-0.2, -0.15) is 5.10 Å². The Morgan fingerprint density at radius 3 is 2.89 bits per heavy atom. The van der Waals surface area contributed by atoms with Crippen molar-refractivity contribution in [3.63, 3.8) is 0 Å². The van der Waals surface area contributed by atoms with Crippen molar-refractivity contribution in [3.8, 4) is 11.8 Å². The van der Waals surface area contributed by atoms with Crippen molar-refractivity contribution in [2.45, 2.75) is 13.3 Å². The molecule has 1 aromatic rings. The van der Waals surface area contributed by atoms with Crippen LogP contribution in [0.2, 0.25) is 0 Å². The molecule has 0 aromatic carbocycles. The fourth-order valence-corrected chi connectivity index (χ4v) is 1.76. The molecule has 0 aliphatic carbocycles. The van der Waals surface area contributed by atoms with Crippen LogP contribution < -0.4 is 0 Å². The number of ether oxygens (including phenoxy) is 1. The molecule has 0 amide bonds. The molecule has 0 saturated carbocycles.